The molecule has 0 bridgehead atoms. The van der Waals surface area contributed by atoms with Crippen molar-refractivity contribution in [2.45, 2.75) is 39.3 Å². The summed E-state index contributed by atoms with van der Waals surface area (Å²) in [6, 6.07) is 2.00. The number of halogens is 1. The molecule has 20 heavy (non-hydrogen) atoms. The summed E-state index contributed by atoms with van der Waals surface area (Å²) in [7, 11) is 0. The van der Waals surface area contributed by atoms with E-state index in [1.165, 1.54) is 0 Å². The van der Waals surface area contributed by atoms with Crippen molar-refractivity contribution in [3.63, 3.8) is 0 Å². The number of amides is 1. The molecule has 1 aliphatic rings. The fourth-order valence-corrected chi connectivity index (χ4v) is 2.81. The van der Waals surface area contributed by atoms with Gasteiger partial charge in [0.25, 0.3) is 5.91 Å². The highest BCUT2D eigenvalue weighted by Crippen LogP contribution is 2.37. The van der Waals surface area contributed by atoms with Crippen molar-refractivity contribution in [3.05, 3.63) is 21.4 Å². The van der Waals surface area contributed by atoms with Crippen molar-refractivity contribution in [2.75, 3.05) is 4.90 Å². The molecule has 1 aromatic rings. The Bertz CT molecular complexity index is 627. The molecule has 106 valence electrons. The molecule has 0 radical (unpaired) electrons. The van der Waals surface area contributed by atoms with Gasteiger partial charge in [0, 0.05) is 5.92 Å². The topological polar surface area (TPSA) is 90.4 Å². The minimum Gasteiger partial charge on any atom is -0.369 e. The van der Waals surface area contributed by atoms with E-state index in [1.807, 2.05) is 26.8 Å². The van der Waals surface area contributed by atoms with Crippen molar-refractivity contribution in [1.82, 2.24) is 5.16 Å². The molecule has 0 fully saturated rings. The zero-order valence-corrected chi connectivity index (χ0v) is 12.9. The number of nitriles is 1. The number of rotatable bonds is 3. The average molecular weight is 340 g/mol. The first-order valence-corrected chi connectivity index (χ1v) is 7.03. The molecule has 1 aliphatic heterocycles. The van der Waals surface area contributed by atoms with Crippen LogP contribution < -0.4 is 4.90 Å². The Kier molecular flexibility index (Phi) is 3.97. The normalized spacial score (nSPS) is 19.1. The molecule has 1 atom stereocenters. The number of carbonyl (C=O) groups is 1. The van der Waals surface area contributed by atoms with Crippen molar-refractivity contribution in [2.24, 2.45) is 0 Å². The van der Waals surface area contributed by atoms with Gasteiger partial charge >= 0.3 is 0 Å². The van der Waals surface area contributed by atoms with Crippen LogP contribution in [0.4, 0.5) is 5.82 Å². The van der Waals surface area contributed by atoms with E-state index in [9.17, 15) is 15.2 Å². The van der Waals surface area contributed by atoms with E-state index in [1.54, 1.807) is 0 Å². The van der Waals surface area contributed by atoms with Crippen molar-refractivity contribution in [1.29, 1.82) is 5.26 Å². The Balaban J connectivity index is 2.50. The van der Waals surface area contributed by atoms with Gasteiger partial charge in [-0.2, -0.15) is 5.26 Å². The summed E-state index contributed by atoms with van der Waals surface area (Å²) >= 11 is 3.18. The number of hydrogen-bond acceptors (Lipinski definition) is 5. The van der Waals surface area contributed by atoms with Crippen LogP contribution in [0, 0.1) is 11.3 Å². The molecule has 1 amide bonds. The second-order valence-corrected chi connectivity index (χ2v) is 5.55. The Hall–Kier alpha value is -1.65. The van der Waals surface area contributed by atoms with Crippen LogP contribution in [0.2, 0.25) is 0 Å². The van der Waals surface area contributed by atoms with Crippen LogP contribution in [-0.4, -0.2) is 22.4 Å². The van der Waals surface area contributed by atoms with Gasteiger partial charge in [0.1, 0.15) is 11.6 Å². The SMILES string of the molecule is CCC1=C(Br)C(=O)N(c2noc(C(C)C)c2C#N)C1O. The van der Waals surface area contributed by atoms with Gasteiger partial charge in [0.05, 0.1) is 4.48 Å². The minimum atomic E-state index is -1.13. The summed E-state index contributed by atoms with van der Waals surface area (Å²) in [5.41, 5.74) is 0.748. The van der Waals surface area contributed by atoms with E-state index >= 15 is 0 Å². The molecular formula is C13H14BrN3O3. The van der Waals surface area contributed by atoms with E-state index in [4.69, 9.17) is 4.52 Å². The molecule has 1 unspecified atom stereocenters. The van der Waals surface area contributed by atoms with Gasteiger partial charge in [-0.25, -0.2) is 0 Å². The third-order valence-corrected chi connectivity index (χ3v) is 4.04. The summed E-state index contributed by atoms with van der Waals surface area (Å²) in [6.45, 7) is 5.56. The first-order chi connectivity index (χ1) is 9.43. The number of nitrogens with zero attached hydrogens (tertiary/aromatic N) is 3. The average Bonchev–Trinajstić information content (AvgIpc) is 2.90. The van der Waals surface area contributed by atoms with Gasteiger partial charge in [0.15, 0.2) is 17.8 Å². The fourth-order valence-electron chi connectivity index (χ4n) is 2.13. The Morgan fingerprint density at radius 2 is 2.25 bits per heavy atom. The highest BCUT2D eigenvalue weighted by atomic mass is 79.9. The molecule has 6 nitrogen and oxygen atoms in total. The quantitative estimate of drug-likeness (QED) is 0.912. The summed E-state index contributed by atoms with van der Waals surface area (Å²) in [6.07, 6.45) is -0.611. The maximum atomic E-state index is 12.2. The van der Waals surface area contributed by atoms with Crippen LogP contribution in [0.25, 0.3) is 0 Å². The van der Waals surface area contributed by atoms with Crippen LogP contribution >= 0.6 is 15.9 Å². The third-order valence-electron chi connectivity index (χ3n) is 3.19. The first kappa shape index (κ1) is 14.8. The third kappa shape index (κ3) is 2.05. The standard InChI is InChI=1S/C13H14BrN3O3/c1-4-7-9(14)13(19)17(12(7)18)11-8(5-15)10(6(2)3)20-16-11/h6,12,18H,4H2,1-3H3. The van der Waals surface area contributed by atoms with Crippen LogP contribution in [0.15, 0.2) is 14.6 Å². The number of carbonyl (C=O) groups excluding carboxylic acids is 1. The van der Waals surface area contributed by atoms with Gasteiger partial charge < -0.3 is 9.63 Å². The molecule has 2 rings (SSSR count). The lowest BCUT2D eigenvalue weighted by Crippen LogP contribution is -2.36. The Morgan fingerprint density at radius 3 is 2.70 bits per heavy atom. The molecule has 0 aromatic carbocycles. The van der Waals surface area contributed by atoms with E-state index in [0.717, 1.165) is 4.90 Å². The zero-order chi connectivity index (χ0) is 15.0. The number of aliphatic hydroxyl groups excluding tert-OH is 1. The maximum absolute atomic E-state index is 12.2. The molecule has 0 saturated carbocycles. The predicted octanol–water partition coefficient (Wildman–Crippen LogP) is 2.39. The molecule has 0 aliphatic carbocycles. The van der Waals surface area contributed by atoms with Crippen LogP contribution in [0.5, 0.6) is 0 Å². The predicted molar refractivity (Wildman–Crippen MR) is 75.0 cm³/mol. The highest BCUT2D eigenvalue weighted by molar-refractivity contribution is 9.12. The lowest BCUT2D eigenvalue weighted by molar-refractivity contribution is -0.115. The van der Waals surface area contributed by atoms with E-state index < -0.39 is 12.1 Å². The van der Waals surface area contributed by atoms with Gasteiger partial charge in [-0.1, -0.05) is 25.9 Å². The number of aliphatic hydroxyl groups is 1. The lowest BCUT2D eigenvalue weighted by atomic mass is 10.1. The van der Waals surface area contributed by atoms with Crippen LogP contribution in [0.1, 0.15) is 44.4 Å². The number of anilines is 1. The van der Waals surface area contributed by atoms with E-state index in [-0.39, 0.29) is 17.3 Å². The van der Waals surface area contributed by atoms with E-state index in [0.29, 0.717) is 22.2 Å². The molecule has 0 spiro atoms. The summed E-state index contributed by atoms with van der Waals surface area (Å²) in [4.78, 5) is 13.3. The fraction of sp³-hybridized carbons (Fsp3) is 0.462. The van der Waals surface area contributed by atoms with Gasteiger partial charge in [-0.15, -0.1) is 0 Å². The lowest BCUT2D eigenvalue weighted by Gasteiger charge is -2.19. The minimum absolute atomic E-state index is 0.0391. The highest BCUT2D eigenvalue weighted by Gasteiger charge is 2.40. The molecule has 1 aromatic heterocycles. The summed E-state index contributed by atoms with van der Waals surface area (Å²) < 4.78 is 5.46. The second-order valence-electron chi connectivity index (χ2n) is 4.75. The van der Waals surface area contributed by atoms with Gasteiger partial charge in [-0.05, 0) is 27.9 Å². The summed E-state index contributed by atoms with van der Waals surface area (Å²) in [5, 5.41) is 23.3. The molecule has 0 saturated heterocycles. The second kappa shape index (κ2) is 5.38. The molecule has 7 heteroatoms. The van der Waals surface area contributed by atoms with Crippen molar-refractivity contribution >= 4 is 27.7 Å². The smallest absolute Gasteiger partial charge is 0.269 e. The zero-order valence-electron chi connectivity index (χ0n) is 11.3. The molecule has 1 N–H and O–H groups in total. The van der Waals surface area contributed by atoms with E-state index in [2.05, 4.69) is 21.1 Å². The van der Waals surface area contributed by atoms with Crippen LogP contribution in [-0.2, 0) is 4.79 Å². The number of hydrogen-bond donors (Lipinski definition) is 1. The van der Waals surface area contributed by atoms with Gasteiger partial charge in [0.2, 0.25) is 0 Å². The Labute approximate surface area is 124 Å². The maximum Gasteiger partial charge on any atom is 0.269 e. The monoisotopic (exact) mass is 339 g/mol. The van der Waals surface area contributed by atoms with Gasteiger partial charge in [-0.3, -0.25) is 9.69 Å². The Morgan fingerprint density at radius 1 is 1.60 bits per heavy atom. The van der Waals surface area contributed by atoms with Crippen molar-refractivity contribution in [3.8, 4) is 6.07 Å². The number of aromatic nitrogens is 1. The van der Waals surface area contributed by atoms with Crippen LogP contribution in [0.3, 0.4) is 0 Å². The largest absolute Gasteiger partial charge is 0.369 e. The molecule has 2 heterocycles. The van der Waals surface area contributed by atoms with Crippen molar-refractivity contribution < 1.29 is 14.4 Å². The first-order valence-electron chi connectivity index (χ1n) is 6.23. The summed E-state index contributed by atoms with van der Waals surface area (Å²) in [5.74, 6) is 0.00919. The molecular weight excluding hydrogens is 326 g/mol.